The van der Waals surface area contributed by atoms with Crippen LogP contribution in [-0.2, 0) is 9.53 Å². The molecule has 1 aromatic carbocycles. The number of allylic oxidation sites excluding steroid dienone is 1. The van der Waals surface area contributed by atoms with Gasteiger partial charge in [-0.15, -0.1) is 0 Å². The quantitative estimate of drug-likeness (QED) is 0.722. The SMILES string of the molecule is CCCC1=C(C(=O)OC)C(c2ccc(OCC)c(Br)c2)NC(=O)N1. The van der Waals surface area contributed by atoms with Gasteiger partial charge in [-0.25, -0.2) is 9.59 Å². The van der Waals surface area contributed by atoms with E-state index in [1.54, 1.807) is 0 Å². The Balaban J connectivity index is 2.48. The Kier molecular flexibility index (Phi) is 6.25. The van der Waals surface area contributed by atoms with Crippen LogP contribution in [0.3, 0.4) is 0 Å². The zero-order valence-electron chi connectivity index (χ0n) is 13.9. The van der Waals surface area contributed by atoms with Crippen LogP contribution in [0.25, 0.3) is 0 Å². The first-order chi connectivity index (χ1) is 11.5. The van der Waals surface area contributed by atoms with Gasteiger partial charge in [0, 0.05) is 5.70 Å². The maximum atomic E-state index is 12.3. The highest BCUT2D eigenvalue weighted by Crippen LogP contribution is 2.34. The molecule has 2 N–H and O–H groups in total. The van der Waals surface area contributed by atoms with E-state index < -0.39 is 12.0 Å². The number of urea groups is 1. The number of ether oxygens (including phenoxy) is 2. The first kappa shape index (κ1) is 18.3. The van der Waals surface area contributed by atoms with Crippen LogP contribution in [0.15, 0.2) is 33.9 Å². The molecule has 0 aromatic heterocycles. The van der Waals surface area contributed by atoms with Gasteiger partial charge in [-0.05, 0) is 47.0 Å². The molecule has 130 valence electrons. The molecular formula is C17H21BrN2O4. The summed E-state index contributed by atoms with van der Waals surface area (Å²) in [5.74, 6) is 0.250. The van der Waals surface area contributed by atoms with E-state index in [4.69, 9.17) is 9.47 Å². The van der Waals surface area contributed by atoms with Gasteiger partial charge in [0.15, 0.2) is 0 Å². The number of halogens is 1. The van der Waals surface area contributed by atoms with Gasteiger partial charge in [0.1, 0.15) is 5.75 Å². The molecular weight excluding hydrogens is 376 g/mol. The number of carbonyl (C=O) groups is 2. The molecule has 0 saturated carbocycles. The highest BCUT2D eigenvalue weighted by atomic mass is 79.9. The second kappa shape index (κ2) is 8.19. The molecule has 0 spiro atoms. The zero-order valence-corrected chi connectivity index (χ0v) is 15.5. The summed E-state index contributed by atoms with van der Waals surface area (Å²) in [6, 6.07) is 4.58. The van der Waals surface area contributed by atoms with Gasteiger partial charge in [0.05, 0.1) is 29.8 Å². The normalized spacial score (nSPS) is 17.2. The topological polar surface area (TPSA) is 76.7 Å². The van der Waals surface area contributed by atoms with Gasteiger partial charge < -0.3 is 20.1 Å². The lowest BCUT2D eigenvalue weighted by molar-refractivity contribution is -0.136. The standard InChI is InChI=1S/C17H21BrN2O4/c1-4-6-12-14(16(21)23-3)15(20-17(22)19-12)10-7-8-13(24-5-2)11(18)9-10/h7-9,15H,4-6H2,1-3H3,(H2,19,20,22). The number of benzene rings is 1. The fourth-order valence-electron chi connectivity index (χ4n) is 2.64. The van der Waals surface area contributed by atoms with Crippen LogP contribution in [0, 0.1) is 0 Å². The number of carbonyl (C=O) groups excluding carboxylic acids is 2. The Morgan fingerprint density at radius 1 is 1.33 bits per heavy atom. The van der Waals surface area contributed by atoms with E-state index in [-0.39, 0.29) is 6.03 Å². The first-order valence-electron chi connectivity index (χ1n) is 7.82. The Labute approximate surface area is 149 Å². The second-order valence-corrected chi connectivity index (χ2v) is 6.14. The Bertz CT molecular complexity index is 673. The summed E-state index contributed by atoms with van der Waals surface area (Å²) in [6.45, 7) is 4.44. The van der Waals surface area contributed by atoms with Crippen molar-refractivity contribution in [3.05, 3.63) is 39.5 Å². The molecule has 0 saturated heterocycles. The molecule has 1 unspecified atom stereocenters. The van der Waals surface area contributed by atoms with Gasteiger partial charge >= 0.3 is 12.0 Å². The van der Waals surface area contributed by atoms with Crippen molar-refractivity contribution >= 4 is 27.9 Å². The van der Waals surface area contributed by atoms with E-state index in [9.17, 15) is 9.59 Å². The van der Waals surface area contributed by atoms with Gasteiger partial charge in [0.2, 0.25) is 0 Å². The van der Waals surface area contributed by atoms with Crippen molar-refractivity contribution in [2.24, 2.45) is 0 Å². The molecule has 1 aliphatic heterocycles. The molecule has 2 amide bonds. The molecule has 0 radical (unpaired) electrons. The molecule has 1 heterocycles. The highest BCUT2D eigenvalue weighted by Gasteiger charge is 2.33. The zero-order chi connectivity index (χ0) is 17.7. The van der Waals surface area contributed by atoms with Crippen LogP contribution < -0.4 is 15.4 Å². The summed E-state index contributed by atoms with van der Waals surface area (Å²) in [5.41, 5.74) is 1.80. The van der Waals surface area contributed by atoms with Gasteiger partial charge in [-0.1, -0.05) is 19.4 Å². The van der Waals surface area contributed by atoms with Crippen LogP contribution >= 0.6 is 15.9 Å². The van der Waals surface area contributed by atoms with Crippen molar-refractivity contribution in [2.45, 2.75) is 32.7 Å². The lowest BCUT2D eigenvalue weighted by Crippen LogP contribution is -2.45. The summed E-state index contributed by atoms with van der Waals surface area (Å²) < 4.78 is 11.2. The van der Waals surface area contributed by atoms with Crippen LogP contribution in [0.1, 0.15) is 38.3 Å². The summed E-state index contributed by atoms with van der Waals surface area (Å²) in [5, 5.41) is 5.52. The van der Waals surface area contributed by atoms with Gasteiger partial charge in [-0.2, -0.15) is 0 Å². The number of hydrogen-bond donors (Lipinski definition) is 2. The molecule has 1 aromatic rings. The number of rotatable bonds is 6. The average Bonchev–Trinajstić information content (AvgIpc) is 2.56. The predicted octanol–water partition coefficient (Wildman–Crippen LogP) is 3.43. The van der Waals surface area contributed by atoms with Crippen LogP contribution in [0.4, 0.5) is 4.79 Å². The van der Waals surface area contributed by atoms with Crippen molar-refractivity contribution in [3.63, 3.8) is 0 Å². The predicted molar refractivity (Wildman–Crippen MR) is 93.7 cm³/mol. The Hall–Kier alpha value is -2.02. The van der Waals surface area contributed by atoms with Gasteiger partial charge in [-0.3, -0.25) is 0 Å². The molecule has 1 atom stereocenters. The summed E-state index contributed by atoms with van der Waals surface area (Å²) in [6.07, 6.45) is 1.39. The lowest BCUT2D eigenvalue weighted by Gasteiger charge is -2.29. The summed E-state index contributed by atoms with van der Waals surface area (Å²) in [4.78, 5) is 24.3. The van der Waals surface area contributed by atoms with Crippen molar-refractivity contribution in [3.8, 4) is 5.75 Å². The van der Waals surface area contributed by atoms with Crippen LogP contribution in [0.5, 0.6) is 5.75 Å². The molecule has 6 nitrogen and oxygen atoms in total. The van der Waals surface area contributed by atoms with E-state index in [2.05, 4.69) is 26.6 Å². The molecule has 7 heteroatoms. The summed E-state index contributed by atoms with van der Waals surface area (Å²) >= 11 is 3.46. The third-order valence-corrected chi connectivity index (χ3v) is 4.27. The molecule has 0 aliphatic carbocycles. The van der Waals surface area contributed by atoms with Gasteiger partial charge in [0.25, 0.3) is 0 Å². The fourth-order valence-corrected chi connectivity index (χ4v) is 3.15. The van der Waals surface area contributed by atoms with Crippen molar-refractivity contribution < 1.29 is 19.1 Å². The van der Waals surface area contributed by atoms with E-state index in [0.717, 1.165) is 16.5 Å². The Morgan fingerprint density at radius 3 is 2.67 bits per heavy atom. The minimum Gasteiger partial charge on any atom is -0.493 e. The van der Waals surface area contributed by atoms with Crippen molar-refractivity contribution in [1.29, 1.82) is 0 Å². The number of esters is 1. The first-order valence-corrected chi connectivity index (χ1v) is 8.62. The maximum Gasteiger partial charge on any atom is 0.337 e. The van der Waals surface area contributed by atoms with Crippen molar-refractivity contribution in [2.75, 3.05) is 13.7 Å². The highest BCUT2D eigenvalue weighted by molar-refractivity contribution is 9.10. The molecule has 0 bridgehead atoms. The minimum atomic E-state index is -0.570. The minimum absolute atomic E-state index is 0.332. The third-order valence-electron chi connectivity index (χ3n) is 3.65. The van der Waals surface area contributed by atoms with E-state index in [1.807, 2.05) is 32.0 Å². The third kappa shape index (κ3) is 3.90. The fraction of sp³-hybridized carbons (Fsp3) is 0.412. The number of hydrogen-bond acceptors (Lipinski definition) is 4. The van der Waals surface area contributed by atoms with E-state index in [0.29, 0.717) is 30.0 Å². The molecule has 24 heavy (non-hydrogen) atoms. The second-order valence-electron chi connectivity index (χ2n) is 5.29. The number of amides is 2. The Morgan fingerprint density at radius 2 is 2.08 bits per heavy atom. The smallest absolute Gasteiger partial charge is 0.337 e. The van der Waals surface area contributed by atoms with E-state index >= 15 is 0 Å². The molecule has 2 rings (SSSR count). The number of nitrogens with one attached hydrogen (secondary N) is 2. The monoisotopic (exact) mass is 396 g/mol. The van der Waals surface area contributed by atoms with Crippen LogP contribution in [0.2, 0.25) is 0 Å². The molecule has 0 fully saturated rings. The lowest BCUT2D eigenvalue weighted by atomic mass is 9.94. The van der Waals surface area contributed by atoms with Crippen molar-refractivity contribution in [1.82, 2.24) is 10.6 Å². The largest absolute Gasteiger partial charge is 0.493 e. The maximum absolute atomic E-state index is 12.3. The summed E-state index contributed by atoms with van der Waals surface area (Å²) in [7, 11) is 1.33. The number of methoxy groups -OCH3 is 1. The van der Waals surface area contributed by atoms with E-state index in [1.165, 1.54) is 7.11 Å². The van der Waals surface area contributed by atoms with Crippen LogP contribution in [-0.4, -0.2) is 25.7 Å². The average molecular weight is 397 g/mol. The molecule has 1 aliphatic rings.